The van der Waals surface area contributed by atoms with Gasteiger partial charge in [0.15, 0.2) is 5.75 Å². The van der Waals surface area contributed by atoms with E-state index < -0.39 is 5.91 Å². The fraction of sp³-hybridized carbons (Fsp3) is 0.429. The van der Waals surface area contributed by atoms with Crippen LogP contribution in [0.5, 0.6) is 11.5 Å². The summed E-state index contributed by atoms with van der Waals surface area (Å²) in [6.45, 7) is 3.96. The first kappa shape index (κ1) is 19.6. The number of fused-ring (bicyclic) bond motifs is 3. The predicted molar refractivity (Wildman–Crippen MR) is 115 cm³/mol. The van der Waals surface area contributed by atoms with Crippen LogP contribution in [0.1, 0.15) is 23.5 Å². The molecule has 10 nitrogen and oxygen atoms in total. The molecule has 0 saturated carbocycles. The van der Waals surface area contributed by atoms with E-state index >= 15 is 0 Å². The van der Waals surface area contributed by atoms with Crippen LogP contribution in [0.2, 0.25) is 0 Å². The molecule has 1 aromatic carbocycles. The molecule has 0 aliphatic carbocycles. The molecule has 3 aromatic rings. The second kappa shape index (κ2) is 8.38. The van der Waals surface area contributed by atoms with E-state index in [2.05, 4.69) is 25.9 Å². The Morgan fingerprint density at radius 1 is 1.29 bits per heavy atom. The molecule has 4 heterocycles. The van der Waals surface area contributed by atoms with E-state index in [1.165, 1.54) is 4.52 Å². The summed E-state index contributed by atoms with van der Waals surface area (Å²) in [5, 5.41) is 18.8. The highest BCUT2D eigenvalue weighted by Crippen LogP contribution is 2.33. The summed E-state index contributed by atoms with van der Waals surface area (Å²) < 4.78 is 13.2. The van der Waals surface area contributed by atoms with Gasteiger partial charge < -0.3 is 25.0 Å². The summed E-state index contributed by atoms with van der Waals surface area (Å²) in [5.41, 5.74) is 1.84. The topological polar surface area (TPSA) is 106 Å². The van der Waals surface area contributed by atoms with E-state index in [4.69, 9.17) is 9.47 Å². The third kappa shape index (κ3) is 3.86. The fourth-order valence-electron chi connectivity index (χ4n) is 3.90. The molecule has 2 aromatic heterocycles. The zero-order chi connectivity index (χ0) is 21.2. The largest absolute Gasteiger partial charge is 0.491 e. The quantitative estimate of drug-likeness (QED) is 0.637. The highest BCUT2D eigenvalue weighted by atomic mass is 16.5. The fourth-order valence-corrected chi connectivity index (χ4v) is 3.90. The number of nitrogens with one attached hydrogen (secondary N) is 2. The van der Waals surface area contributed by atoms with Gasteiger partial charge in [0.25, 0.3) is 5.91 Å². The number of amides is 1. The molecule has 31 heavy (non-hydrogen) atoms. The standard InChI is InChI=1S/C21H25N7O3/c1-27-10-11-30-18-16(27)12-23-28-19(18)25-26-20(28)21(29)24-15-4-2-3-5-17(15)31-13-14-6-8-22-9-7-14/h2-5,12,14,22H,6-11,13H2,1H3,(H,24,29). The summed E-state index contributed by atoms with van der Waals surface area (Å²) >= 11 is 0. The Hall–Kier alpha value is -3.40. The highest BCUT2D eigenvalue weighted by Gasteiger charge is 2.25. The van der Waals surface area contributed by atoms with Gasteiger partial charge in [-0.25, -0.2) is 0 Å². The van der Waals surface area contributed by atoms with Gasteiger partial charge in [0.1, 0.15) is 18.0 Å². The number of ether oxygens (including phenoxy) is 2. The maximum absolute atomic E-state index is 13.0. The molecule has 2 N–H and O–H groups in total. The lowest BCUT2D eigenvalue weighted by atomic mass is 9.99. The Kier molecular flexibility index (Phi) is 5.29. The van der Waals surface area contributed by atoms with Crippen LogP contribution >= 0.6 is 0 Å². The van der Waals surface area contributed by atoms with Crippen LogP contribution in [0.3, 0.4) is 0 Å². The van der Waals surface area contributed by atoms with Crippen LogP contribution < -0.4 is 25.0 Å². The first-order valence-corrected chi connectivity index (χ1v) is 10.5. The highest BCUT2D eigenvalue weighted by molar-refractivity contribution is 6.03. The average Bonchev–Trinajstić information content (AvgIpc) is 3.24. The second-order valence-corrected chi connectivity index (χ2v) is 7.84. The van der Waals surface area contributed by atoms with Crippen molar-refractivity contribution < 1.29 is 14.3 Å². The summed E-state index contributed by atoms with van der Waals surface area (Å²) in [4.78, 5) is 15.0. The lowest BCUT2D eigenvalue weighted by Gasteiger charge is -2.26. The normalized spacial score (nSPS) is 16.6. The molecule has 0 radical (unpaired) electrons. The number of anilines is 2. The lowest BCUT2D eigenvalue weighted by Crippen LogP contribution is -2.30. The Balaban J connectivity index is 1.35. The van der Waals surface area contributed by atoms with Crippen molar-refractivity contribution in [1.29, 1.82) is 0 Å². The Bertz CT molecular complexity index is 1090. The lowest BCUT2D eigenvalue weighted by molar-refractivity contribution is 0.101. The van der Waals surface area contributed by atoms with Crippen molar-refractivity contribution in [2.45, 2.75) is 12.8 Å². The van der Waals surface area contributed by atoms with E-state index in [1.54, 1.807) is 6.20 Å². The van der Waals surface area contributed by atoms with Crippen molar-refractivity contribution in [3.05, 3.63) is 36.3 Å². The summed E-state index contributed by atoms with van der Waals surface area (Å²) in [6, 6.07) is 7.41. The molecular formula is C21H25N7O3. The molecule has 2 aliphatic heterocycles. The zero-order valence-corrected chi connectivity index (χ0v) is 17.4. The van der Waals surface area contributed by atoms with Gasteiger partial charge in [-0.3, -0.25) is 4.79 Å². The minimum absolute atomic E-state index is 0.0859. The molecule has 1 saturated heterocycles. The van der Waals surface area contributed by atoms with Gasteiger partial charge in [0, 0.05) is 7.05 Å². The molecule has 1 fully saturated rings. The summed E-state index contributed by atoms with van der Waals surface area (Å²) in [6.07, 6.45) is 3.85. The van der Waals surface area contributed by atoms with E-state index in [0.717, 1.165) is 38.2 Å². The third-order valence-corrected chi connectivity index (χ3v) is 5.73. The number of likely N-dealkylation sites (N-methyl/N-ethyl adjacent to an activating group) is 1. The molecule has 2 aliphatic rings. The van der Waals surface area contributed by atoms with E-state index in [0.29, 0.717) is 42.0 Å². The number of hydrogen-bond acceptors (Lipinski definition) is 8. The van der Waals surface area contributed by atoms with E-state index in [9.17, 15) is 4.79 Å². The van der Waals surface area contributed by atoms with Crippen molar-refractivity contribution in [2.24, 2.45) is 5.92 Å². The predicted octanol–water partition coefficient (Wildman–Crippen LogP) is 1.58. The summed E-state index contributed by atoms with van der Waals surface area (Å²) in [7, 11) is 1.96. The number of piperidine rings is 1. The second-order valence-electron chi connectivity index (χ2n) is 7.84. The monoisotopic (exact) mass is 423 g/mol. The van der Waals surface area contributed by atoms with Crippen LogP contribution in [0, 0.1) is 5.92 Å². The van der Waals surface area contributed by atoms with Gasteiger partial charge >= 0.3 is 0 Å². The number of nitrogens with zero attached hydrogens (tertiary/aromatic N) is 5. The molecule has 0 atom stereocenters. The molecule has 0 unspecified atom stereocenters. The van der Waals surface area contributed by atoms with Gasteiger partial charge in [-0.1, -0.05) is 12.1 Å². The minimum atomic E-state index is -0.415. The molecule has 0 spiro atoms. The van der Waals surface area contributed by atoms with Crippen LogP contribution in [0.15, 0.2) is 30.5 Å². The van der Waals surface area contributed by atoms with Gasteiger partial charge in [-0.05, 0) is 44.0 Å². The minimum Gasteiger partial charge on any atom is -0.491 e. The van der Waals surface area contributed by atoms with Crippen molar-refractivity contribution in [3.8, 4) is 11.5 Å². The average molecular weight is 423 g/mol. The zero-order valence-electron chi connectivity index (χ0n) is 17.4. The summed E-state index contributed by atoms with van der Waals surface area (Å²) in [5.74, 6) is 1.41. The number of carbonyl (C=O) groups is 1. The smallest absolute Gasteiger partial charge is 0.295 e. The first-order valence-electron chi connectivity index (χ1n) is 10.5. The van der Waals surface area contributed by atoms with Gasteiger partial charge in [-0.2, -0.15) is 9.61 Å². The number of rotatable bonds is 5. The molecule has 1 amide bonds. The molecular weight excluding hydrogens is 398 g/mol. The van der Waals surface area contributed by atoms with Crippen LogP contribution in [0.4, 0.5) is 11.4 Å². The Labute approximate surface area is 179 Å². The first-order chi connectivity index (χ1) is 15.2. The van der Waals surface area contributed by atoms with Crippen molar-refractivity contribution in [1.82, 2.24) is 25.1 Å². The van der Waals surface area contributed by atoms with Gasteiger partial charge in [0.05, 0.1) is 25.0 Å². The Morgan fingerprint density at radius 2 is 2.13 bits per heavy atom. The third-order valence-electron chi connectivity index (χ3n) is 5.73. The molecule has 0 bridgehead atoms. The maximum atomic E-state index is 13.0. The van der Waals surface area contributed by atoms with Crippen molar-refractivity contribution >= 4 is 22.9 Å². The van der Waals surface area contributed by atoms with Gasteiger partial charge in [-0.15, -0.1) is 10.2 Å². The number of para-hydroxylation sites is 2. The molecule has 5 rings (SSSR count). The number of benzene rings is 1. The number of carbonyl (C=O) groups excluding carboxylic acids is 1. The molecule has 10 heteroatoms. The van der Waals surface area contributed by atoms with Crippen LogP contribution in [0.25, 0.3) is 5.65 Å². The SMILES string of the molecule is CN1CCOc2c1cnn1c(C(=O)Nc3ccccc3OCC3CCNCC3)nnc21. The van der Waals surface area contributed by atoms with Gasteiger partial charge in [0.2, 0.25) is 11.5 Å². The maximum Gasteiger partial charge on any atom is 0.295 e. The van der Waals surface area contributed by atoms with E-state index in [1.807, 2.05) is 36.2 Å². The van der Waals surface area contributed by atoms with Crippen LogP contribution in [-0.4, -0.2) is 65.6 Å². The van der Waals surface area contributed by atoms with E-state index in [-0.39, 0.29) is 5.82 Å². The molecule has 162 valence electrons. The van der Waals surface area contributed by atoms with Crippen molar-refractivity contribution in [2.75, 3.05) is 50.1 Å². The van der Waals surface area contributed by atoms with Crippen LogP contribution in [-0.2, 0) is 0 Å². The number of hydrogen-bond donors (Lipinski definition) is 2. The number of aromatic nitrogens is 4. The Morgan fingerprint density at radius 3 is 3.00 bits per heavy atom. The van der Waals surface area contributed by atoms with Crippen molar-refractivity contribution in [3.63, 3.8) is 0 Å².